The number of para-hydroxylation sites is 1. The normalized spacial score (nSPS) is 22.0. The number of benzene rings is 2. The van der Waals surface area contributed by atoms with Gasteiger partial charge in [0.1, 0.15) is 0 Å². The Hall–Kier alpha value is -2.83. The van der Waals surface area contributed by atoms with E-state index in [0.29, 0.717) is 32.5 Å². The van der Waals surface area contributed by atoms with Gasteiger partial charge >= 0.3 is 6.18 Å². The first-order valence-corrected chi connectivity index (χ1v) is 9.51. The molecule has 2 amide bonds. The van der Waals surface area contributed by atoms with E-state index in [0.717, 1.165) is 23.4 Å². The summed E-state index contributed by atoms with van der Waals surface area (Å²) in [6.07, 6.45) is -3.49. The number of carbonyl (C=O) groups excluding carboxylic acids is 2. The minimum absolute atomic E-state index is 0.0210. The fraction of sp³-hybridized carbons (Fsp3) is 0.364. The standard InChI is InChI=1S/C22H21F3N2O2/c1-15-5-2-3-8-18(15)27-14-21(12-19(27)28)9-10-26(13-21)20(29)16-6-4-7-17(11-16)22(23,24)25/h2-8,11H,9-10,12-14H2,1H3/t21-/m1/s1. The zero-order valence-corrected chi connectivity index (χ0v) is 16.0. The van der Waals surface area contributed by atoms with Crippen LogP contribution in [0.4, 0.5) is 18.9 Å². The molecule has 0 radical (unpaired) electrons. The lowest BCUT2D eigenvalue weighted by molar-refractivity contribution is -0.137. The van der Waals surface area contributed by atoms with E-state index >= 15 is 0 Å². The lowest BCUT2D eigenvalue weighted by atomic mass is 9.86. The zero-order chi connectivity index (χ0) is 20.8. The Morgan fingerprint density at radius 1 is 1.07 bits per heavy atom. The number of nitrogens with zero attached hydrogens (tertiary/aromatic N) is 2. The van der Waals surface area contributed by atoms with Crippen molar-refractivity contribution < 1.29 is 22.8 Å². The second-order valence-corrected chi connectivity index (χ2v) is 8.00. The molecule has 2 fully saturated rings. The Labute approximate surface area is 166 Å². The summed E-state index contributed by atoms with van der Waals surface area (Å²) >= 11 is 0. The summed E-state index contributed by atoms with van der Waals surface area (Å²) in [5.41, 5.74) is 0.720. The van der Waals surface area contributed by atoms with Crippen molar-refractivity contribution >= 4 is 17.5 Å². The first-order chi connectivity index (χ1) is 13.7. The van der Waals surface area contributed by atoms with Gasteiger partial charge in [0.25, 0.3) is 5.91 Å². The average molecular weight is 402 g/mol. The van der Waals surface area contributed by atoms with E-state index in [1.165, 1.54) is 12.1 Å². The van der Waals surface area contributed by atoms with Crippen LogP contribution >= 0.6 is 0 Å². The molecule has 0 N–H and O–H groups in total. The molecular weight excluding hydrogens is 381 g/mol. The molecule has 0 saturated carbocycles. The maximum Gasteiger partial charge on any atom is 0.416 e. The SMILES string of the molecule is Cc1ccccc1N1C[C@]2(CCN(C(=O)c3cccc(C(F)(F)F)c3)C2)CC1=O. The van der Waals surface area contributed by atoms with Gasteiger partial charge < -0.3 is 9.80 Å². The van der Waals surface area contributed by atoms with Crippen LogP contribution in [0, 0.1) is 12.3 Å². The van der Waals surface area contributed by atoms with E-state index in [1.54, 1.807) is 9.80 Å². The van der Waals surface area contributed by atoms with Gasteiger partial charge in [0.2, 0.25) is 5.91 Å². The average Bonchev–Trinajstić information content (AvgIpc) is 3.24. The first kappa shape index (κ1) is 19.5. The van der Waals surface area contributed by atoms with Crippen molar-refractivity contribution in [3.05, 3.63) is 65.2 Å². The van der Waals surface area contributed by atoms with Crippen LogP contribution in [0.25, 0.3) is 0 Å². The Kier molecular flexibility index (Phi) is 4.63. The molecule has 2 saturated heterocycles. The van der Waals surface area contributed by atoms with Gasteiger partial charge in [-0.3, -0.25) is 9.59 Å². The minimum Gasteiger partial charge on any atom is -0.338 e. The highest BCUT2D eigenvalue weighted by atomic mass is 19.4. The van der Waals surface area contributed by atoms with Crippen LogP contribution in [-0.4, -0.2) is 36.3 Å². The van der Waals surface area contributed by atoms with Gasteiger partial charge in [-0.15, -0.1) is 0 Å². The molecule has 29 heavy (non-hydrogen) atoms. The fourth-order valence-corrected chi connectivity index (χ4v) is 4.37. The van der Waals surface area contributed by atoms with E-state index < -0.39 is 17.6 Å². The summed E-state index contributed by atoms with van der Waals surface area (Å²) < 4.78 is 38.9. The number of anilines is 1. The molecule has 0 bridgehead atoms. The molecule has 4 rings (SSSR count). The summed E-state index contributed by atoms with van der Waals surface area (Å²) in [5, 5.41) is 0. The fourth-order valence-electron chi connectivity index (χ4n) is 4.37. The highest BCUT2D eigenvalue weighted by molar-refractivity contribution is 5.98. The molecule has 1 spiro atoms. The number of alkyl halides is 3. The Morgan fingerprint density at radius 3 is 2.55 bits per heavy atom. The number of hydrogen-bond donors (Lipinski definition) is 0. The second kappa shape index (κ2) is 6.90. The summed E-state index contributed by atoms with van der Waals surface area (Å²) in [6, 6.07) is 12.2. The Balaban J connectivity index is 1.52. The third-order valence-corrected chi connectivity index (χ3v) is 5.89. The molecule has 2 aliphatic rings. The smallest absolute Gasteiger partial charge is 0.338 e. The van der Waals surface area contributed by atoms with Crippen molar-refractivity contribution in [1.82, 2.24) is 4.90 Å². The van der Waals surface area contributed by atoms with Gasteiger partial charge in [-0.2, -0.15) is 13.2 Å². The van der Waals surface area contributed by atoms with Crippen molar-refractivity contribution in [2.24, 2.45) is 5.41 Å². The van der Waals surface area contributed by atoms with Crippen molar-refractivity contribution in [2.45, 2.75) is 25.9 Å². The summed E-state index contributed by atoms with van der Waals surface area (Å²) in [7, 11) is 0. The van der Waals surface area contributed by atoms with Crippen LogP contribution < -0.4 is 4.90 Å². The molecule has 2 aromatic rings. The van der Waals surface area contributed by atoms with Gasteiger partial charge in [-0.1, -0.05) is 24.3 Å². The summed E-state index contributed by atoms with van der Waals surface area (Å²) in [5.74, 6) is -0.401. The van der Waals surface area contributed by atoms with E-state index in [4.69, 9.17) is 0 Å². The van der Waals surface area contributed by atoms with Gasteiger partial charge in [0.05, 0.1) is 5.56 Å². The molecule has 1 atom stereocenters. The third kappa shape index (κ3) is 3.61. The van der Waals surface area contributed by atoms with Gasteiger partial charge in [-0.05, 0) is 43.2 Å². The van der Waals surface area contributed by atoms with Gasteiger partial charge in [0, 0.05) is 42.7 Å². The lowest BCUT2D eigenvalue weighted by Crippen LogP contribution is -2.34. The number of aryl methyl sites for hydroxylation is 1. The maximum absolute atomic E-state index is 13.0. The largest absolute Gasteiger partial charge is 0.416 e. The molecule has 2 heterocycles. The van der Waals surface area contributed by atoms with Crippen molar-refractivity contribution in [2.75, 3.05) is 24.5 Å². The van der Waals surface area contributed by atoms with Crippen molar-refractivity contribution in [3.63, 3.8) is 0 Å². The monoisotopic (exact) mass is 402 g/mol. The van der Waals surface area contributed by atoms with E-state index in [1.807, 2.05) is 31.2 Å². The number of amides is 2. The molecule has 2 aliphatic heterocycles. The van der Waals surface area contributed by atoms with Gasteiger partial charge in [0.15, 0.2) is 0 Å². The van der Waals surface area contributed by atoms with E-state index in [-0.39, 0.29) is 16.9 Å². The van der Waals surface area contributed by atoms with E-state index in [9.17, 15) is 22.8 Å². The molecule has 2 aromatic carbocycles. The Bertz CT molecular complexity index is 973. The maximum atomic E-state index is 13.0. The topological polar surface area (TPSA) is 40.6 Å². The van der Waals surface area contributed by atoms with Crippen molar-refractivity contribution in [3.8, 4) is 0 Å². The quantitative estimate of drug-likeness (QED) is 0.752. The summed E-state index contributed by atoms with van der Waals surface area (Å²) in [4.78, 5) is 28.8. The molecular formula is C22H21F3N2O2. The number of carbonyl (C=O) groups is 2. The minimum atomic E-state index is -4.49. The highest BCUT2D eigenvalue weighted by Gasteiger charge is 2.49. The first-order valence-electron chi connectivity index (χ1n) is 9.51. The summed E-state index contributed by atoms with van der Waals surface area (Å²) in [6.45, 7) is 3.27. The molecule has 0 aliphatic carbocycles. The van der Waals surface area contributed by atoms with Crippen LogP contribution in [0.3, 0.4) is 0 Å². The molecule has 0 aromatic heterocycles. The number of rotatable bonds is 2. The molecule has 0 unspecified atom stereocenters. The zero-order valence-electron chi connectivity index (χ0n) is 16.0. The van der Waals surface area contributed by atoms with Crippen LogP contribution in [0.15, 0.2) is 48.5 Å². The second-order valence-electron chi connectivity index (χ2n) is 8.00. The number of halogens is 3. The molecule has 4 nitrogen and oxygen atoms in total. The predicted octanol–water partition coefficient (Wildman–Crippen LogP) is 4.28. The van der Waals surface area contributed by atoms with Crippen LogP contribution in [0.5, 0.6) is 0 Å². The Morgan fingerprint density at radius 2 is 1.83 bits per heavy atom. The predicted molar refractivity (Wildman–Crippen MR) is 103 cm³/mol. The van der Waals surface area contributed by atoms with Crippen LogP contribution in [0.1, 0.15) is 34.3 Å². The lowest BCUT2D eigenvalue weighted by Gasteiger charge is -2.25. The molecule has 7 heteroatoms. The van der Waals surface area contributed by atoms with E-state index in [2.05, 4.69) is 0 Å². The van der Waals surface area contributed by atoms with Crippen molar-refractivity contribution in [1.29, 1.82) is 0 Å². The van der Waals surface area contributed by atoms with Gasteiger partial charge in [-0.25, -0.2) is 0 Å². The number of hydrogen-bond acceptors (Lipinski definition) is 2. The highest BCUT2D eigenvalue weighted by Crippen LogP contribution is 2.43. The third-order valence-electron chi connectivity index (χ3n) is 5.89. The van der Waals surface area contributed by atoms with Crippen LogP contribution in [0.2, 0.25) is 0 Å². The van der Waals surface area contributed by atoms with Crippen LogP contribution in [-0.2, 0) is 11.0 Å². The molecule has 152 valence electrons. The number of likely N-dealkylation sites (tertiary alicyclic amines) is 1.